The lowest BCUT2D eigenvalue weighted by atomic mass is 10.1. The standard InChI is InChI=1S/C22H22ClNO3S2/c1-2-12-27-22(26)17-13-8-4-3-5-10-15(13)29-21(17)24-20(25)19-18(23)14-9-6-7-11-16(14)28-19/h6-7,9,11H,2-5,8,10,12H2,1H3,(H,24,25). The van der Waals surface area contributed by atoms with Crippen LogP contribution in [-0.2, 0) is 17.6 Å². The minimum atomic E-state index is -0.344. The van der Waals surface area contributed by atoms with Crippen molar-refractivity contribution in [2.24, 2.45) is 0 Å². The van der Waals surface area contributed by atoms with Gasteiger partial charge in [-0.3, -0.25) is 4.79 Å². The highest BCUT2D eigenvalue weighted by Gasteiger charge is 2.28. The first-order valence-corrected chi connectivity index (χ1v) is 11.9. The summed E-state index contributed by atoms with van der Waals surface area (Å²) in [4.78, 5) is 27.5. The molecule has 2 heterocycles. The second-order valence-corrected chi connectivity index (χ2v) is 9.64. The molecule has 0 unspecified atom stereocenters. The molecule has 0 atom stereocenters. The van der Waals surface area contributed by atoms with Crippen LogP contribution in [0.25, 0.3) is 10.1 Å². The van der Waals surface area contributed by atoms with Crippen molar-refractivity contribution in [1.82, 2.24) is 0 Å². The fourth-order valence-electron chi connectivity index (χ4n) is 3.63. The van der Waals surface area contributed by atoms with Gasteiger partial charge < -0.3 is 10.1 Å². The zero-order valence-corrected chi connectivity index (χ0v) is 18.6. The molecule has 3 aromatic rings. The van der Waals surface area contributed by atoms with E-state index in [0.717, 1.165) is 54.2 Å². The average Bonchev–Trinajstić information content (AvgIpc) is 3.14. The number of amides is 1. The largest absolute Gasteiger partial charge is 0.462 e. The third-order valence-electron chi connectivity index (χ3n) is 5.03. The average molecular weight is 448 g/mol. The molecule has 2 aromatic heterocycles. The number of benzene rings is 1. The molecule has 7 heteroatoms. The van der Waals surface area contributed by atoms with Crippen molar-refractivity contribution in [1.29, 1.82) is 0 Å². The second kappa shape index (κ2) is 8.86. The molecule has 0 radical (unpaired) electrons. The number of carbonyl (C=O) groups excluding carboxylic acids is 2. The summed E-state index contributed by atoms with van der Waals surface area (Å²) in [7, 11) is 0. The van der Waals surface area contributed by atoms with Crippen molar-refractivity contribution < 1.29 is 14.3 Å². The Morgan fingerprint density at radius 3 is 2.72 bits per heavy atom. The van der Waals surface area contributed by atoms with Crippen LogP contribution in [0, 0.1) is 0 Å². The second-order valence-electron chi connectivity index (χ2n) is 7.10. The van der Waals surface area contributed by atoms with E-state index in [1.165, 1.54) is 27.6 Å². The number of ether oxygens (including phenoxy) is 1. The molecule has 0 saturated heterocycles. The van der Waals surface area contributed by atoms with Crippen LogP contribution in [-0.4, -0.2) is 18.5 Å². The van der Waals surface area contributed by atoms with Gasteiger partial charge in [-0.1, -0.05) is 43.1 Å². The van der Waals surface area contributed by atoms with E-state index in [1.807, 2.05) is 31.2 Å². The zero-order valence-electron chi connectivity index (χ0n) is 16.2. The van der Waals surface area contributed by atoms with E-state index in [-0.39, 0.29) is 11.9 Å². The number of hydrogen-bond donors (Lipinski definition) is 1. The number of fused-ring (bicyclic) bond motifs is 2. The number of nitrogens with one attached hydrogen (secondary N) is 1. The lowest BCUT2D eigenvalue weighted by Gasteiger charge is -2.09. The maximum Gasteiger partial charge on any atom is 0.341 e. The molecule has 4 nitrogen and oxygen atoms in total. The lowest BCUT2D eigenvalue weighted by molar-refractivity contribution is 0.0505. The summed E-state index contributed by atoms with van der Waals surface area (Å²) in [5.74, 6) is -0.624. The van der Waals surface area contributed by atoms with Gasteiger partial charge in [-0.05, 0) is 43.7 Å². The van der Waals surface area contributed by atoms with Crippen LogP contribution in [0.3, 0.4) is 0 Å². The Bertz CT molecular complexity index is 1070. The minimum absolute atomic E-state index is 0.280. The molecule has 0 saturated carbocycles. The highest BCUT2D eigenvalue weighted by atomic mass is 35.5. The number of rotatable bonds is 5. The van der Waals surface area contributed by atoms with Crippen LogP contribution >= 0.6 is 34.3 Å². The molecule has 1 N–H and O–H groups in total. The van der Waals surface area contributed by atoms with Gasteiger partial charge in [-0.15, -0.1) is 22.7 Å². The van der Waals surface area contributed by atoms with Crippen LogP contribution in [0.5, 0.6) is 0 Å². The molecule has 1 aliphatic rings. The van der Waals surface area contributed by atoms with Crippen LogP contribution in [0.1, 0.15) is 63.1 Å². The zero-order chi connectivity index (χ0) is 20.4. The van der Waals surface area contributed by atoms with Gasteiger partial charge in [0.05, 0.1) is 17.2 Å². The first kappa shape index (κ1) is 20.4. The Kier molecular flexibility index (Phi) is 6.23. The summed E-state index contributed by atoms with van der Waals surface area (Å²) < 4.78 is 6.40. The Morgan fingerprint density at radius 1 is 1.14 bits per heavy atom. The normalized spacial score (nSPS) is 13.7. The van der Waals surface area contributed by atoms with E-state index in [9.17, 15) is 9.59 Å². The summed E-state index contributed by atoms with van der Waals surface area (Å²) in [6, 6.07) is 7.69. The van der Waals surface area contributed by atoms with Crippen molar-refractivity contribution >= 4 is 61.2 Å². The lowest BCUT2D eigenvalue weighted by Crippen LogP contribution is -2.15. The van der Waals surface area contributed by atoms with Gasteiger partial charge in [0.25, 0.3) is 5.91 Å². The van der Waals surface area contributed by atoms with Gasteiger partial charge in [0.1, 0.15) is 9.88 Å². The molecule has 4 rings (SSSR count). The quantitative estimate of drug-likeness (QED) is 0.349. The van der Waals surface area contributed by atoms with Crippen LogP contribution < -0.4 is 5.32 Å². The predicted molar refractivity (Wildman–Crippen MR) is 121 cm³/mol. The Morgan fingerprint density at radius 2 is 1.93 bits per heavy atom. The van der Waals surface area contributed by atoms with Gasteiger partial charge in [0.2, 0.25) is 0 Å². The fraction of sp³-hybridized carbons (Fsp3) is 0.364. The molecule has 1 amide bonds. The highest BCUT2D eigenvalue weighted by molar-refractivity contribution is 7.22. The first-order chi connectivity index (χ1) is 14.1. The molecule has 1 aromatic carbocycles. The van der Waals surface area contributed by atoms with Gasteiger partial charge in [-0.25, -0.2) is 4.79 Å². The summed E-state index contributed by atoms with van der Waals surface area (Å²) in [5, 5.41) is 4.87. The predicted octanol–water partition coefficient (Wildman–Crippen LogP) is 6.70. The van der Waals surface area contributed by atoms with E-state index in [1.54, 1.807) is 0 Å². The van der Waals surface area contributed by atoms with Gasteiger partial charge in [-0.2, -0.15) is 0 Å². The molecule has 1 aliphatic carbocycles. The smallest absolute Gasteiger partial charge is 0.341 e. The number of halogens is 1. The SMILES string of the molecule is CCCOC(=O)c1c(NC(=O)c2sc3ccccc3c2Cl)sc2c1CCCCC2. The third-order valence-corrected chi connectivity index (χ3v) is 7.91. The Hall–Kier alpha value is -1.89. The topological polar surface area (TPSA) is 55.4 Å². The van der Waals surface area contributed by atoms with Crippen molar-refractivity contribution in [2.45, 2.75) is 45.4 Å². The molecule has 0 aliphatic heterocycles. The molecule has 0 fully saturated rings. The maximum absolute atomic E-state index is 13.0. The number of anilines is 1. The van der Waals surface area contributed by atoms with Crippen LogP contribution in [0.15, 0.2) is 24.3 Å². The molecular weight excluding hydrogens is 426 g/mol. The number of esters is 1. The van der Waals surface area contributed by atoms with E-state index >= 15 is 0 Å². The van der Waals surface area contributed by atoms with Crippen LogP contribution in [0.4, 0.5) is 5.00 Å². The fourth-order valence-corrected chi connectivity index (χ4v) is 6.32. The third kappa shape index (κ3) is 4.06. The molecule has 152 valence electrons. The number of thiophene rings is 2. The maximum atomic E-state index is 13.0. The number of aryl methyl sites for hydroxylation is 1. The van der Waals surface area contributed by atoms with E-state index in [2.05, 4.69) is 5.32 Å². The summed E-state index contributed by atoms with van der Waals surface area (Å²) in [6.45, 7) is 2.34. The summed E-state index contributed by atoms with van der Waals surface area (Å²) in [6.07, 6.45) is 5.86. The van der Waals surface area contributed by atoms with Crippen LogP contribution in [0.2, 0.25) is 5.02 Å². The van der Waals surface area contributed by atoms with E-state index in [4.69, 9.17) is 16.3 Å². The van der Waals surface area contributed by atoms with Crippen molar-refractivity contribution in [3.8, 4) is 0 Å². The highest BCUT2D eigenvalue weighted by Crippen LogP contribution is 2.40. The van der Waals surface area contributed by atoms with E-state index < -0.39 is 0 Å². The number of carbonyl (C=O) groups is 2. The Labute approximate surface area is 182 Å². The van der Waals surface area contributed by atoms with Gasteiger partial charge in [0.15, 0.2) is 0 Å². The van der Waals surface area contributed by atoms with E-state index in [0.29, 0.717) is 27.1 Å². The summed E-state index contributed by atoms with van der Waals surface area (Å²) >= 11 is 9.34. The van der Waals surface area contributed by atoms with Gasteiger partial charge in [0, 0.05) is 15.0 Å². The molecule has 29 heavy (non-hydrogen) atoms. The van der Waals surface area contributed by atoms with Crippen molar-refractivity contribution in [3.63, 3.8) is 0 Å². The first-order valence-electron chi connectivity index (χ1n) is 9.90. The van der Waals surface area contributed by atoms with Gasteiger partial charge >= 0.3 is 5.97 Å². The minimum Gasteiger partial charge on any atom is -0.462 e. The van der Waals surface area contributed by atoms with Crippen molar-refractivity contribution in [3.05, 3.63) is 50.2 Å². The van der Waals surface area contributed by atoms with Crippen molar-refractivity contribution in [2.75, 3.05) is 11.9 Å². The monoisotopic (exact) mass is 447 g/mol. The molecule has 0 spiro atoms. The number of hydrogen-bond acceptors (Lipinski definition) is 5. The Balaban J connectivity index is 1.69. The molecule has 0 bridgehead atoms. The molecular formula is C22H22ClNO3S2. The summed E-state index contributed by atoms with van der Waals surface area (Å²) in [5.41, 5.74) is 1.58.